The highest BCUT2D eigenvalue weighted by Gasteiger charge is 2.60. The van der Waals surface area contributed by atoms with Crippen LogP contribution in [0.5, 0.6) is 5.75 Å². The number of ketones is 2. The Balaban J connectivity index is 1.57. The Morgan fingerprint density at radius 1 is 1.08 bits per heavy atom. The van der Waals surface area contributed by atoms with E-state index in [-0.39, 0.29) is 29.7 Å². The Hall–Kier alpha value is -3.33. The summed E-state index contributed by atoms with van der Waals surface area (Å²) < 4.78 is 0. The second-order valence-electron chi connectivity index (χ2n) is 11.1. The minimum absolute atomic E-state index is 0.0369. The number of carbonyl (C=O) groups is 3. The second kappa shape index (κ2) is 8.09. The zero-order valence-electron chi connectivity index (χ0n) is 20.7. The third kappa shape index (κ3) is 3.36. The SMILES string of the molecule is CN(C)c1ccc(O)c2c1C[C@H]1C[C@H]3CC(O)=C(C(=O)NC4(C)CCCC4)C(=O)[C@@]3(O)C(O)=C1C2=O. The summed E-state index contributed by atoms with van der Waals surface area (Å²) in [5, 5.41) is 47.0. The van der Waals surface area contributed by atoms with Gasteiger partial charge in [0, 0.05) is 43.2 Å². The van der Waals surface area contributed by atoms with Gasteiger partial charge in [-0.05, 0) is 56.2 Å². The maximum absolute atomic E-state index is 13.6. The summed E-state index contributed by atoms with van der Waals surface area (Å²) in [5.41, 5.74) is -2.31. The van der Waals surface area contributed by atoms with Crippen LogP contribution in [0.4, 0.5) is 5.69 Å². The molecule has 9 heteroatoms. The largest absolute Gasteiger partial charge is 0.511 e. The van der Waals surface area contributed by atoms with E-state index in [9.17, 15) is 34.8 Å². The number of phenols is 1. The van der Waals surface area contributed by atoms with Crippen LogP contribution in [0.3, 0.4) is 0 Å². The number of allylic oxidation sites excluding steroid dienone is 2. The molecule has 192 valence electrons. The van der Waals surface area contributed by atoms with Crippen LogP contribution in [0, 0.1) is 11.8 Å². The molecule has 5 N–H and O–H groups in total. The minimum atomic E-state index is -2.51. The lowest BCUT2D eigenvalue weighted by Crippen LogP contribution is -2.58. The molecule has 9 nitrogen and oxygen atoms in total. The number of Topliss-reactive ketones (excluding diaryl/α,β-unsaturated/α-hetero) is 2. The van der Waals surface area contributed by atoms with Gasteiger partial charge in [-0.3, -0.25) is 14.4 Å². The molecular formula is C27H32N2O7. The molecule has 1 fully saturated rings. The Kier molecular flexibility index (Phi) is 5.48. The van der Waals surface area contributed by atoms with Gasteiger partial charge in [0.05, 0.1) is 5.56 Å². The molecule has 0 spiro atoms. The van der Waals surface area contributed by atoms with E-state index < -0.39 is 57.5 Å². The average molecular weight is 497 g/mol. The smallest absolute Gasteiger partial charge is 0.258 e. The fourth-order valence-electron chi connectivity index (χ4n) is 6.62. The monoisotopic (exact) mass is 496 g/mol. The molecule has 5 rings (SSSR count). The van der Waals surface area contributed by atoms with Crippen LogP contribution in [0.15, 0.2) is 34.8 Å². The van der Waals surface area contributed by atoms with Crippen LogP contribution in [0.2, 0.25) is 0 Å². The number of fused-ring (bicyclic) bond motifs is 3. The Labute approximate surface area is 209 Å². The number of nitrogens with one attached hydrogen (secondary N) is 1. The molecule has 1 amide bonds. The van der Waals surface area contributed by atoms with E-state index in [1.54, 1.807) is 6.07 Å². The summed E-state index contributed by atoms with van der Waals surface area (Å²) in [6.07, 6.45) is 3.60. The Bertz CT molecular complexity index is 1250. The van der Waals surface area contributed by atoms with Gasteiger partial charge in [0.15, 0.2) is 11.4 Å². The Morgan fingerprint density at radius 3 is 2.39 bits per heavy atom. The zero-order valence-corrected chi connectivity index (χ0v) is 20.7. The number of rotatable bonds is 3. The topological polar surface area (TPSA) is 147 Å². The van der Waals surface area contributed by atoms with Crippen LogP contribution >= 0.6 is 0 Å². The summed E-state index contributed by atoms with van der Waals surface area (Å²) >= 11 is 0. The van der Waals surface area contributed by atoms with Crippen LogP contribution in [-0.2, 0) is 16.0 Å². The summed E-state index contributed by atoms with van der Waals surface area (Å²) in [5.74, 6) is -5.43. The number of hydrogen-bond acceptors (Lipinski definition) is 8. The van der Waals surface area contributed by atoms with E-state index >= 15 is 0 Å². The Morgan fingerprint density at radius 2 is 1.75 bits per heavy atom. The van der Waals surface area contributed by atoms with Gasteiger partial charge in [-0.15, -0.1) is 0 Å². The van der Waals surface area contributed by atoms with E-state index in [0.717, 1.165) is 31.4 Å². The predicted molar refractivity (Wildman–Crippen MR) is 131 cm³/mol. The van der Waals surface area contributed by atoms with Crippen molar-refractivity contribution in [1.29, 1.82) is 0 Å². The van der Waals surface area contributed by atoms with Crippen molar-refractivity contribution >= 4 is 23.2 Å². The number of carbonyl (C=O) groups excluding carboxylic acids is 3. The standard InChI is InChI=1S/C27H32N2O7/c1-26(8-4-5-9-26)28-25(35)21-18(31)12-14-10-13-11-15-16(29(2)3)6-7-17(30)20(15)22(32)19(13)23(33)27(14,36)24(21)34/h6-7,13-14,30-31,33,36H,4-5,8-12H2,1-3H3,(H,28,35)/t13-,14+,27+/m1/s1. The molecule has 0 heterocycles. The van der Waals surface area contributed by atoms with Crippen molar-refractivity contribution in [1.82, 2.24) is 5.32 Å². The van der Waals surface area contributed by atoms with Crippen molar-refractivity contribution in [3.05, 3.63) is 45.9 Å². The first-order valence-corrected chi connectivity index (χ1v) is 12.4. The lowest BCUT2D eigenvalue weighted by molar-refractivity contribution is -0.144. The van der Waals surface area contributed by atoms with Gasteiger partial charge in [0.1, 0.15) is 22.8 Å². The minimum Gasteiger partial charge on any atom is -0.511 e. The molecule has 36 heavy (non-hydrogen) atoms. The molecule has 3 atom stereocenters. The lowest BCUT2D eigenvalue weighted by Gasteiger charge is -2.46. The highest BCUT2D eigenvalue weighted by Crippen LogP contribution is 2.52. The fraction of sp³-hybridized carbons (Fsp3) is 0.519. The molecular weight excluding hydrogens is 464 g/mol. The van der Waals surface area contributed by atoms with E-state index in [1.807, 2.05) is 25.9 Å². The molecule has 4 aliphatic carbocycles. The third-order valence-electron chi connectivity index (χ3n) is 8.51. The lowest BCUT2D eigenvalue weighted by atomic mass is 9.60. The number of hydrogen-bond donors (Lipinski definition) is 5. The van der Waals surface area contributed by atoms with E-state index in [0.29, 0.717) is 12.0 Å². The normalized spacial score (nSPS) is 29.0. The van der Waals surface area contributed by atoms with Crippen LogP contribution in [-0.4, -0.2) is 63.1 Å². The predicted octanol–water partition coefficient (Wildman–Crippen LogP) is 2.61. The molecule has 0 aliphatic heterocycles. The number of aliphatic hydroxyl groups excluding tert-OH is 2. The van der Waals surface area contributed by atoms with Crippen molar-refractivity contribution in [3.8, 4) is 5.75 Å². The third-order valence-corrected chi connectivity index (χ3v) is 8.51. The van der Waals surface area contributed by atoms with Crippen molar-refractivity contribution in [2.75, 3.05) is 19.0 Å². The van der Waals surface area contributed by atoms with Gasteiger partial charge >= 0.3 is 0 Å². The number of anilines is 1. The molecule has 0 radical (unpaired) electrons. The van der Waals surface area contributed by atoms with Gasteiger partial charge in [-0.2, -0.15) is 0 Å². The zero-order chi connectivity index (χ0) is 26.2. The summed E-state index contributed by atoms with van der Waals surface area (Å²) in [6.45, 7) is 1.87. The first kappa shape index (κ1) is 24.4. The van der Waals surface area contributed by atoms with Gasteiger partial charge in [0.2, 0.25) is 5.78 Å². The molecule has 0 bridgehead atoms. The van der Waals surface area contributed by atoms with Gasteiger partial charge in [-0.25, -0.2) is 0 Å². The molecule has 0 unspecified atom stereocenters. The summed E-state index contributed by atoms with van der Waals surface area (Å²) in [4.78, 5) is 42.1. The van der Waals surface area contributed by atoms with Crippen molar-refractivity contribution in [2.45, 2.75) is 63.0 Å². The van der Waals surface area contributed by atoms with Crippen molar-refractivity contribution < 1.29 is 34.8 Å². The molecule has 0 saturated heterocycles. The quantitative estimate of drug-likeness (QED) is 0.401. The number of benzene rings is 1. The number of nitrogens with zero attached hydrogens (tertiary/aromatic N) is 1. The summed E-state index contributed by atoms with van der Waals surface area (Å²) in [7, 11) is 3.64. The number of aliphatic hydroxyl groups is 3. The van der Waals surface area contributed by atoms with Crippen molar-refractivity contribution in [3.63, 3.8) is 0 Å². The molecule has 4 aliphatic rings. The van der Waals surface area contributed by atoms with Crippen molar-refractivity contribution in [2.24, 2.45) is 11.8 Å². The highest BCUT2D eigenvalue weighted by molar-refractivity contribution is 6.25. The number of phenolic OH excluding ortho intramolecular Hbond substituents is 1. The van der Waals surface area contributed by atoms with Gasteiger partial charge in [0.25, 0.3) is 5.91 Å². The number of aromatic hydroxyl groups is 1. The average Bonchev–Trinajstić information content (AvgIpc) is 3.21. The second-order valence-corrected chi connectivity index (χ2v) is 11.1. The van der Waals surface area contributed by atoms with E-state index in [2.05, 4.69) is 5.32 Å². The van der Waals surface area contributed by atoms with E-state index in [1.165, 1.54) is 6.07 Å². The van der Waals surface area contributed by atoms with Gasteiger partial charge in [-0.1, -0.05) is 12.8 Å². The maximum atomic E-state index is 13.6. The number of amides is 1. The first-order valence-electron chi connectivity index (χ1n) is 12.4. The molecule has 1 aromatic rings. The first-order chi connectivity index (χ1) is 16.9. The van der Waals surface area contributed by atoms with Gasteiger partial charge < -0.3 is 30.6 Å². The maximum Gasteiger partial charge on any atom is 0.258 e. The summed E-state index contributed by atoms with van der Waals surface area (Å²) in [6, 6.07) is 3.12. The fourth-order valence-corrected chi connectivity index (χ4v) is 6.62. The molecule has 1 saturated carbocycles. The van der Waals surface area contributed by atoms with Crippen LogP contribution in [0.25, 0.3) is 0 Å². The molecule has 0 aromatic heterocycles. The van der Waals surface area contributed by atoms with Crippen LogP contribution < -0.4 is 10.2 Å². The van der Waals surface area contributed by atoms with Crippen LogP contribution in [0.1, 0.15) is 61.4 Å². The highest BCUT2D eigenvalue weighted by atomic mass is 16.3. The molecule has 1 aromatic carbocycles. The van der Waals surface area contributed by atoms with E-state index in [4.69, 9.17) is 0 Å².